The lowest BCUT2D eigenvalue weighted by atomic mass is 10.1. The summed E-state index contributed by atoms with van der Waals surface area (Å²) in [4.78, 5) is 0. The number of rotatable bonds is 6. The molecule has 0 spiro atoms. The molecule has 0 aliphatic rings. The van der Waals surface area contributed by atoms with Crippen LogP contribution in [0.1, 0.15) is 31.9 Å². The second kappa shape index (κ2) is 8.71. The van der Waals surface area contributed by atoms with Gasteiger partial charge in [-0.05, 0) is 25.3 Å². The highest BCUT2D eigenvalue weighted by molar-refractivity contribution is 5.19. The van der Waals surface area contributed by atoms with Crippen LogP contribution in [0.15, 0.2) is 30.3 Å². The Hall–Kier alpha value is -1.34. The third-order valence-electron chi connectivity index (χ3n) is 2.34. The van der Waals surface area contributed by atoms with Crippen molar-refractivity contribution in [1.82, 2.24) is 0 Å². The molecule has 0 fully saturated rings. The van der Waals surface area contributed by atoms with Crippen molar-refractivity contribution in [2.45, 2.75) is 32.7 Å². The van der Waals surface area contributed by atoms with E-state index in [1.54, 1.807) is 0 Å². The molecule has 1 rings (SSSR count). The monoisotopic (exact) mass is 248 g/mol. The number of aliphatic hydroxyl groups is 1. The zero-order valence-corrected chi connectivity index (χ0v) is 10.9. The van der Waals surface area contributed by atoms with E-state index in [1.165, 1.54) is 0 Å². The first-order chi connectivity index (χ1) is 8.77. The first-order valence-electron chi connectivity index (χ1n) is 6.22. The second-order valence-corrected chi connectivity index (χ2v) is 3.69. The van der Waals surface area contributed by atoms with Crippen molar-refractivity contribution in [2.24, 2.45) is 0 Å². The summed E-state index contributed by atoms with van der Waals surface area (Å²) in [7, 11) is 0. The van der Waals surface area contributed by atoms with E-state index in [-0.39, 0.29) is 0 Å². The minimum Gasteiger partial charge on any atom is -0.387 e. The molecule has 1 aromatic rings. The van der Waals surface area contributed by atoms with Crippen molar-refractivity contribution in [3.63, 3.8) is 0 Å². The van der Waals surface area contributed by atoms with Crippen LogP contribution in [-0.4, -0.2) is 24.6 Å². The molecule has 98 valence electrons. The Morgan fingerprint density at radius 3 is 2.28 bits per heavy atom. The molecule has 0 aliphatic heterocycles. The molecule has 1 unspecified atom stereocenters. The van der Waals surface area contributed by atoms with Crippen molar-refractivity contribution in [3.8, 4) is 11.8 Å². The van der Waals surface area contributed by atoms with Gasteiger partial charge in [-0.15, -0.1) is 0 Å². The van der Waals surface area contributed by atoms with Gasteiger partial charge in [0.05, 0.1) is 6.10 Å². The van der Waals surface area contributed by atoms with Crippen LogP contribution in [0, 0.1) is 11.8 Å². The Morgan fingerprint density at radius 2 is 1.72 bits per heavy atom. The van der Waals surface area contributed by atoms with Gasteiger partial charge in [0.15, 0.2) is 0 Å². The molecule has 0 bridgehead atoms. The fourth-order valence-corrected chi connectivity index (χ4v) is 1.47. The average Bonchev–Trinajstić information content (AvgIpc) is 2.40. The van der Waals surface area contributed by atoms with Crippen molar-refractivity contribution in [1.29, 1.82) is 0 Å². The molecule has 0 saturated heterocycles. The fraction of sp³-hybridized carbons (Fsp3) is 0.467. The average molecular weight is 248 g/mol. The summed E-state index contributed by atoms with van der Waals surface area (Å²) in [6, 6.07) is 9.48. The molecule has 0 amide bonds. The van der Waals surface area contributed by atoms with E-state index in [2.05, 4.69) is 11.8 Å². The summed E-state index contributed by atoms with van der Waals surface area (Å²) < 4.78 is 10.6. The van der Waals surface area contributed by atoms with Gasteiger partial charge in [-0.25, -0.2) is 0 Å². The summed E-state index contributed by atoms with van der Waals surface area (Å²) in [5.74, 6) is 5.77. The molecule has 3 heteroatoms. The van der Waals surface area contributed by atoms with Gasteiger partial charge in [0, 0.05) is 19.6 Å². The summed E-state index contributed by atoms with van der Waals surface area (Å²) >= 11 is 0. The first kappa shape index (κ1) is 14.7. The summed E-state index contributed by atoms with van der Waals surface area (Å²) in [6.45, 7) is 4.90. The maximum absolute atomic E-state index is 9.91. The predicted molar refractivity (Wildman–Crippen MR) is 70.8 cm³/mol. The van der Waals surface area contributed by atoms with Crippen molar-refractivity contribution in [2.75, 3.05) is 13.2 Å². The first-order valence-corrected chi connectivity index (χ1v) is 6.22. The molecular formula is C15H20O3. The topological polar surface area (TPSA) is 38.7 Å². The standard InChI is InChI=1S/C15H20O3/c1-3-17-15(18-4-2)12-8-11-14(16)13-9-6-5-7-10-13/h5-7,9-10,14-16H,3-4,11H2,1-2H3. The Morgan fingerprint density at radius 1 is 1.11 bits per heavy atom. The maximum Gasteiger partial charge on any atom is 0.222 e. The van der Waals surface area contributed by atoms with Gasteiger partial charge in [0.2, 0.25) is 6.29 Å². The third-order valence-corrected chi connectivity index (χ3v) is 2.34. The largest absolute Gasteiger partial charge is 0.387 e. The molecule has 0 radical (unpaired) electrons. The van der Waals surface area contributed by atoms with E-state index in [4.69, 9.17) is 9.47 Å². The van der Waals surface area contributed by atoms with Crippen LogP contribution >= 0.6 is 0 Å². The molecule has 1 aromatic carbocycles. The van der Waals surface area contributed by atoms with Gasteiger partial charge < -0.3 is 14.6 Å². The van der Waals surface area contributed by atoms with Crippen LogP contribution in [-0.2, 0) is 9.47 Å². The quantitative estimate of drug-likeness (QED) is 0.621. The van der Waals surface area contributed by atoms with Gasteiger partial charge in [0.25, 0.3) is 0 Å². The lowest BCUT2D eigenvalue weighted by Crippen LogP contribution is -2.14. The van der Waals surface area contributed by atoms with Gasteiger partial charge in [-0.2, -0.15) is 0 Å². The number of benzene rings is 1. The molecule has 1 atom stereocenters. The predicted octanol–water partition coefficient (Wildman–Crippen LogP) is 2.51. The Bertz CT molecular complexity index is 372. The molecular weight excluding hydrogens is 228 g/mol. The molecule has 0 saturated carbocycles. The van der Waals surface area contributed by atoms with E-state index >= 15 is 0 Å². The van der Waals surface area contributed by atoms with Gasteiger partial charge in [-0.1, -0.05) is 36.3 Å². The zero-order valence-electron chi connectivity index (χ0n) is 10.9. The van der Waals surface area contributed by atoms with Crippen LogP contribution in [0.4, 0.5) is 0 Å². The van der Waals surface area contributed by atoms with Crippen LogP contribution in [0.3, 0.4) is 0 Å². The van der Waals surface area contributed by atoms with E-state index in [9.17, 15) is 5.11 Å². The van der Waals surface area contributed by atoms with E-state index in [0.717, 1.165) is 5.56 Å². The van der Waals surface area contributed by atoms with Gasteiger partial charge >= 0.3 is 0 Å². The lowest BCUT2D eigenvalue weighted by molar-refractivity contribution is -0.0970. The highest BCUT2D eigenvalue weighted by atomic mass is 16.7. The molecule has 3 nitrogen and oxygen atoms in total. The van der Waals surface area contributed by atoms with Crippen LogP contribution in [0.25, 0.3) is 0 Å². The summed E-state index contributed by atoms with van der Waals surface area (Å²) in [5, 5.41) is 9.91. The molecule has 0 aliphatic carbocycles. The number of hydrogen-bond acceptors (Lipinski definition) is 3. The van der Waals surface area contributed by atoms with Crippen molar-refractivity contribution < 1.29 is 14.6 Å². The Kier molecular flexibility index (Phi) is 7.12. The smallest absolute Gasteiger partial charge is 0.222 e. The van der Waals surface area contributed by atoms with Crippen LogP contribution in [0.5, 0.6) is 0 Å². The highest BCUT2D eigenvalue weighted by Crippen LogP contribution is 2.14. The summed E-state index contributed by atoms with van der Waals surface area (Å²) in [5.41, 5.74) is 0.871. The highest BCUT2D eigenvalue weighted by Gasteiger charge is 2.05. The van der Waals surface area contributed by atoms with E-state index in [0.29, 0.717) is 19.6 Å². The Labute approximate surface area is 109 Å². The number of ether oxygens (including phenoxy) is 2. The fourth-order valence-electron chi connectivity index (χ4n) is 1.47. The van der Waals surface area contributed by atoms with E-state index < -0.39 is 12.4 Å². The minimum atomic E-state index is -0.567. The van der Waals surface area contributed by atoms with Gasteiger partial charge in [0.1, 0.15) is 0 Å². The minimum absolute atomic E-state index is 0.376. The molecule has 0 aromatic heterocycles. The second-order valence-electron chi connectivity index (χ2n) is 3.69. The number of hydrogen-bond donors (Lipinski definition) is 1. The molecule has 18 heavy (non-hydrogen) atoms. The lowest BCUT2D eigenvalue weighted by Gasteiger charge is -2.10. The third kappa shape index (κ3) is 5.33. The zero-order chi connectivity index (χ0) is 13.2. The van der Waals surface area contributed by atoms with Crippen molar-refractivity contribution >= 4 is 0 Å². The SMILES string of the molecule is CCOC(C#CCC(O)c1ccccc1)OCC. The molecule has 1 N–H and O–H groups in total. The van der Waals surface area contributed by atoms with Crippen molar-refractivity contribution in [3.05, 3.63) is 35.9 Å². The van der Waals surface area contributed by atoms with E-state index in [1.807, 2.05) is 44.2 Å². The van der Waals surface area contributed by atoms with Crippen LogP contribution in [0.2, 0.25) is 0 Å². The van der Waals surface area contributed by atoms with Crippen LogP contribution < -0.4 is 0 Å². The normalized spacial score (nSPS) is 12.0. The number of aliphatic hydroxyl groups excluding tert-OH is 1. The summed E-state index contributed by atoms with van der Waals surface area (Å²) in [6.07, 6.45) is -0.689. The maximum atomic E-state index is 9.91. The Balaban J connectivity index is 2.48. The molecule has 0 heterocycles. The van der Waals surface area contributed by atoms with Gasteiger partial charge in [-0.3, -0.25) is 0 Å².